The predicted octanol–water partition coefficient (Wildman–Crippen LogP) is 8.38. The first-order valence-corrected chi connectivity index (χ1v) is 15.4. The molecule has 3 aliphatic rings. The zero-order valence-electron chi connectivity index (χ0n) is 24.2. The fourth-order valence-electron chi connectivity index (χ4n) is 8.07. The van der Waals surface area contributed by atoms with Gasteiger partial charge < -0.3 is 9.47 Å². The van der Waals surface area contributed by atoms with E-state index < -0.39 is 12.2 Å². The van der Waals surface area contributed by atoms with Crippen LogP contribution in [0.3, 0.4) is 0 Å². The SMILES string of the molecule is O=C(OC1C2CC(C1OC(=O)c1cccc(-c3ccccc3)c1)C1c3ccccc3CC21)c1cccc(-c2ccccc2)c1. The number of hydrogen-bond donors (Lipinski definition) is 0. The van der Waals surface area contributed by atoms with Gasteiger partial charge in [-0.3, -0.25) is 0 Å². The van der Waals surface area contributed by atoms with Crippen LogP contribution in [0.5, 0.6) is 0 Å². The third-order valence-corrected chi connectivity index (χ3v) is 9.95. The van der Waals surface area contributed by atoms with Crippen molar-refractivity contribution in [3.63, 3.8) is 0 Å². The Morgan fingerprint density at radius 3 is 1.59 bits per heavy atom. The average Bonchev–Trinajstić information content (AvgIpc) is 3.75. The van der Waals surface area contributed by atoms with Gasteiger partial charge in [-0.1, -0.05) is 109 Å². The second kappa shape index (κ2) is 10.9. The van der Waals surface area contributed by atoms with Crippen LogP contribution in [0.2, 0.25) is 0 Å². The van der Waals surface area contributed by atoms with Gasteiger partial charge >= 0.3 is 11.9 Å². The molecular formula is C40H32O4. The van der Waals surface area contributed by atoms with E-state index in [9.17, 15) is 9.59 Å². The summed E-state index contributed by atoms with van der Waals surface area (Å²) in [5.74, 6) is 0.161. The number of fused-ring (bicyclic) bond motifs is 7. The highest BCUT2D eigenvalue weighted by Gasteiger charge is 2.63. The van der Waals surface area contributed by atoms with Crippen LogP contribution in [0.15, 0.2) is 133 Å². The van der Waals surface area contributed by atoms with Gasteiger partial charge in [0.05, 0.1) is 11.1 Å². The van der Waals surface area contributed by atoms with Crippen molar-refractivity contribution in [2.45, 2.75) is 31.0 Å². The summed E-state index contributed by atoms with van der Waals surface area (Å²) < 4.78 is 12.7. The van der Waals surface area contributed by atoms with E-state index >= 15 is 0 Å². The molecule has 0 aliphatic heterocycles. The first-order valence-electron chi connectivity index (χ1n) is 15.4. The van der Waals surface area contributed by atoms with Crippen molar-refractivity contribution in [2.75, 3.05) is 0 Å². The number of carbonyl (C=O) groups excluding carboxylic acids is 2. The molecule has 0 amide bonds. The van der Waals surface area contributed by atoms with Gasteiger partial charge in [-0.25, -0.2) is 9.59 Å². The van der Waals surface area contributed by atoms with E-state index in [4.69, 9.17) is 9.47 Å². The fraction of sp³-hybridized carbons (Fsp3) is 0.200. The molecule has 2 fully saturated rings. The van der Waals surface area contributed by atoms with Crippen LogP contribution in [0.1, 0.15) is 44.2 Å². The molecule has 4 nitrogen and oxygen atoms in total. The maximum absolute atomic E-state index is 13.7. The Morgan fingerprint density at radius 1 is 0.500 bits per heavy atom. The minimum atomic E-state index is -0.512. The molecule has 0 N–H and O–H groups in total. The molecule has 6 unspecified atom stereocenters. The normalized spacial score (nSPS) is 24.4. The third kappa shape index (κ3) is 4.62. The average molecular weight is 577 g/mol. The molecule has 8 rings (SSSR count). The van der Waals surface area contributed by atoms with E-state index in [1.807, 2.05) is 97.1 Å². The second-order valence-corrected chi connectivity index (χ2v) is 12.3. The quantitative estimate of drug-likeness (QED) is 0.191. The Balaban J connectivity index is 1.09. The molecule has 0 radical (unpaired) electrons. The lowest BCUT2D eigenvalue weighted by molar-refractivity contribution is -0.0698. The van der Waals surface area contributed by atoms with Crippen LogP contribution >= 0.6 is 0 Å². The molecule has 0 saturated heterocycles. The Kier molecular flexibility index (Phi) is 6.63. The molecule has 0 spiro atoms. The van der Waals surface area contributed by atoms with Crippen molar-refractivity contribution in [1.82, 2.24) is 0 Å². The van der Waals surface area contributed by atoms with Crippen molar-refractivity contribution < 1.29 is 19.1 Å². The number of esters is 2. The standard InChI is InChI=1S/C40H32O4/c41-39(30-18-9-16-27(21-30)25-11-3-1-4-12-25)43-37-34-24-35(36-32-20-8-7-15-29(32)23-33(34)36)38(37)44-40(42)31-19-10-17-28(22-31)26-13-5-2-6-14-26/h1-22,33-38H,23-24H2. The van der Waals surface area contributed by atoms with Gasteiger partial charge in [-0.2, -0.15) is 0 Å². The van der Waals surface area contributed by atoms with Crippen LogP contribution in [-0.4, -0.2) is 24.1 Å². The summed E-state index contributed by atoms with van der Waals surface area (Å²) in [5, 5.41) is 0. The molecule has 0 aromatic heterocycles. The maximum atomic E-state index is 13.7. The molecule has 5 aromatic carbocycles. The topological polar surface area (TPSA) is 52.6 Å². The van der Waals surface area contributed by atoms with Crippen LogP contribution in [0, 0.1) is 17.8 Å². The zero-order chi connectivity index (χ0) is 29.6. The highest BCUT2D eigenvalue weighted by molar-refractivity contribution is 5.92. The van der Waals surface area contributed by atoms with Gasteiger partial charge in [-0.15, -0.1) is 0 Å². The van der Waals surface area contributed by atoms with Crippen molar-refractivity contribution in [3.8, 4) is 22.3 Å². The van der Waals surface area contributed by atoms with E-state index in [2.05, 4.69) is 24.3 Å². The summed E-state index contributed by atoms with van der Waals surface area (Å²) in [6.45, 7) is 0. The number of hydrogen-bond acceptors (Lipinski definition) is 4. The van der Waals surface area contributed by atoms with E-state index in [1.165, 1.54) is 11.1 Å². The van der Waals surface area contributed by atoms with E-state index in [1.54, 1.807) is 12.1 Å². The number of rotatable bonds is 6. The van der Waals surface area contributed by atoms with Crippen LogP contribution < -0.4 is 0 Å². The number of carbonyl (C=O) groups is 2. The van der Waals surface area contributed by atoms with Crippen molar-refractivity contribution >= 4 is 11.9 Å². The molecule has 216 valence electrons. The summed E-state index contributed by atoms with van der Waals surface area (Å²) in [5.41, 5.74) is 7.71. The third-order valence-electron chi connectivity index (χ3n) is 9.95. The first-order chi connectivity index (χ1) is 21.6. The summed E-state index contributed by atoms with van der Waals surface area (Å²) in [6, 6.07) is 43.8. The Hall–Kier alpha value is -4.96. The smallest absolute Gasteiger partial charge is 0.338 e. The predicted molar refractivity (Wildman–Crippen MR) is 170 cm³/mol. The highest BCUT2D eigenvalue weighted by Crippen LogP contribution is 2.62. The number of ether oxygens (including phenoxy) is 2. The van der Waals surface area contributed by atoms with E-state index in [-0.39, 0.29) is 23.8 Å². The van der Waals surface area contributed by atoms with Gasteiger partial charge in [0.2, 0.25) is 0 Å². The summed E-state index contributed by atoms with van der Waals surface area (Å²) >= 11 is 0. The van der Waals surface area contributed by atoms with Crippen molar-refractivity contribution in [1.29, 1.82) is 0 Å². The Morgan fingerprint density at radius 2 is 1.00 bits per heavy atom. The van der Waals surface area contributed by atoms with Gasteiger partial charge in [0.15, 0.2) is 0 Å². The van der Waals surface area contributed by atoms with Crippen molar-refractivity contribution in [3.05, 3.63) is 156 Å². The van der Waals surface area contributed by atoms with Crippen molar-refractivity contribution in [2.24, 2.45) is 17.8 Å². The monoisotopic (exact) mass is 576 g/mol. The first kappa shape index (κ1) is 26.7. The molecule has 3 aliphatic carbocycles. The van der Waals surface area contributed by atoms with E-state index in [0.717, 1.165) is 35.1 Å². The van der Waals surface area contributed by atoms with Gasteiger partial charge in [0.1, 0.15) is 12.2 Å². The lowest BCUT2D eigenvalue weighted by Gasteiger charge is -2.37. The molecule has 6 atom stereocenters. The lowest BCUT2D eigenvalue weighted by Crippen LogP contribution is -2.45. The Labute approximate surface area is 257 Å². The molecule has 44 heavy (non-hydrogen) atoms. The molecular weight excluding hydrogens is 544 g/mol. The number of benzene rings is 5. The van der Waals surface area contributed by atoms with Crippen LogP contribution in [-0.2, 0) is 15.9 Å². The summed E-state index contributed by atoms with van der Waals surface area (Å²) in [4.78, 5) is 27.4. The fourth-order valence-corrected chi connectivity index (χ4v) is 8.07. The van der Waals surface area contributed by atoms with Gasteiger partial charge in [-0.05, 0) is 82.3 Å². The summed E-state index contributed by atoms with van der Waals surface area (Å²) in [7, 11) is 0. The van der Waals surface area contributed by atoms with E-state index in [0.29, 0.717) is 23.0 Å². The minimum Gasteiger partial charge on any atom is -0.455 e. The maximum Gasteiger partial charge on any atom is 0.338 e. The second-order valence-electron chi connectivity index (χ2n) is 12.3. The largest absolute Gasteiger partial charge is 0.455 e. The Bertz CT molecular complexity index is 1850. The molecule has 2 saturated carbocycles. The van der Waals surface area contributed by atoms with Crippen LogP contribution in [0.4, 0.5) is 0 Å². The highest BCUT2D eigenvalue weighted by atomic mass is 16.6. The molecule has 0 heterocycles. The zero-order valence-corrected chi connectivity index (χ0v) is 24.2. The van der Waals surface area contributed by atoms with Gasteiger partial charge in [0, 0.05) is 11.8 Å². The molecule has 2 bridgehead atoms. The van der Waals surface area contributed by atoms with Crippen LogP contribution in [0.25, 0.3) is 22.3 Å². The lowest BCUT2D eigenvalue weighted by atomic mass is 9.76. The molecule has 5 aromatic rings. The molecule has 4 heteroatoms. The summed E-state index contributed by atoms with van der Waals surface area (Å²) in [6.07, 6.45) is 0.846. The van der Waals surface area contributed by atoms with Gasteiger partial charge in [0.25, 0.3) is 0 Å². The minimum absolute atomic E-state index is 0.100.